The summed E-state index contributed by atoms with van der Waals surface area (Å²) >= 11 is 0. The van der Waals surface area contributed by atoms with Crippen molar-refractivity contribution in [2.75, 3.05) is 20.2 Å². The van der Waals surface area contributed by atoms with Crippen LogP contribution in [0.4, 0.5) is 0 Å². The predicted octanol–water partition coefficient (Wildman–Crippen LogP) is 2.35. The number of aromatic nitrogens is 1. The van der Waals surface area contributed by atoms with Gasteiger partial charge >= 0.3 is 0 Å². The maximum atomic E-state index is 12.4. The van der Waals surface area contributed by atoms with Crippen molar-refractivity contribution in [2.45, 2.75) is 0 Å². The molecule has 0 fully saturated rings. The van der Waals surface area contributed by atoms with Crippen LogP contribution in [-0.2, 0) is 7.05 Å². The molecule has 0 spiro atoms. The van der Waals surface area contributed by atoms with Crippen LogP contribution in [0.25, 0.3) is 10.9 Å². The van der Waals surface area contributed by atoms with Gasteiger partial charge in [-0.15, -0.1) is 0 Å². The number of benzene rings is 2. The van der Waals surface area contributed by atoms with Crippen molar-refractivity contribution in [3.8, 4) is 5.75 Å². The fourth-order valence-electron chi connectivity index (χ4n) is 2.81. The zero-order valence-electron chi connectivity index (χ0n) is 14.8. The zero-order valence-corrected chi connectivity index (χ0v) is 14.8. The van der Waals surface area contributed by atoms with Gasteiger partial charge in [0.1, 0.15) is 5.75 Å². The number of methoxy groups -OCH3 is 1. The van der Waals surface area contributed by atoms with Gasteiger partial charge in [-0.1, -0.05) is 18.2 Å². The highest BCUT2D eigenvalue weighted by Crippen LogP contribution is 2.19. The first-order valence-corrected chi connectivity index (χ1v) is 8.34. The topological polar surface area (TPSA) is 72.4 Å². The molecule has 6 nitrogen and oxygen atoms in total. The second-order valence-electron chi connectivity index (χ2n) is 5.91. The van der Waals surface area contributed by atoms with E-state index in [9.17, 15) is 9.59 Å². The van der Waals surface area contributed by atoms with E-state index >= 15 is 0 Å². The summed E-state index contributed by atoms with van der Waals surface area (Å²) in [6.45, 7) is 0.700. The van der Waals surface area contributed by atoms with Gasteiger partial charge in [-0.25, -0.2) is 0 Å². The monoisotopic (exact) mass is 351 g/mol. The van der Waals surface area contributed by atoms with Crippen molar-refractivity contribution >= 4 is 22.7 Å². The summed E-state index contributed by atoms with van der Waals surface area (Å²) < 4.78 is 6.99. The minimum Gasteiger partial charge on any atom is -0.497 e. The molecule has 0 bridgehead atoms. The molecule has 0 aliphatic heterocycles. The Hall–Kier alpha value is -3.28. The number of fused-ring (bicyclic) bond motifs is 1. The normalized spacial score (nSPS) is 10.5. The minimum absolute atomic E-state index is 0.152. The van der Waals surface area contributed by atoms with Gasteiger partial charge in [0.15, 0.2) is 0 Å². The number of carbonyl (C=O) groups is 2. The van der Waals surface area contributed by atoms with Crippen LogP contribution in [0.2, 0.25) is 0 Å². The lowest BCUT2D eigenvalue weighted by Crippen LogP contribution is -2.34. The van der Waals surface area contributed by atoms with Crippen molar-refractivity contribution < 1.29 is 14.3 Å². The molecule has 2 amide bonds. The van der Waals surface area contributed by atoms with Crippen molar-refractivity contribution in [3.05, 3.63) is 65.9 Å². The average Bonchev–Trinajstić information content (AvgIpc) is 3.02. The zero-order chi connectivity index (χ0) is 18.5. The highest BCUT2D eigenvalue weighted by Gasteiger charge is 2.13. The van der Waals surface area contributed by atoms with Crippen LogP contribution >= 0.6 is 0 Å². The summed E-state index contributed by atoms with van der Waals surface area (Å²) in [4.78, 5) is 24.5. The number of hydrogen-bond donors (Lipinski definition) is 2. The molecule has 2 aromatic carbocycles. The number of carbonyl (C=O) groups excluding carboxylic acids is 2. The largest absolute Gasteiger partial charge is 0.497 e. The third kappa shape index (κ3) is 3.69. The maximum Gasteiger partial charge on any atom is 0.253 e. The molecular weight excluding hydrogens is 330 g/mol. The number of nitrogens with zero attached hydrogens (tertiary/aromatic N) is 1. The van der Waals surface area contributed by atoms with E-state index < -0.39 is 0 Å². The predicted molar refractivity (Wildman–Crippen MR) is 101 cm³/mol. The third-order valence-electron chi connectivity index (χ3n) is 4.19. The number of ether oxygens (including phenoxy) is 1. The Labute approximate surface area is 151 Å². The third-order valence-corrected chi connectivity index (χ3v) is 4.19. The van der Waals surface area contributed by atoms with E-state index in [2.05, 4.69) is 10.6 Å². The molecule has 2 N–H and O–H groups in total. The molecular formula is C20H21N3O3. The molecule has 3 aromatic rings. The lowest BCUT2D eigenvalue weighted by atomic mass is 10.1. The van der Waals surface area contributed by atoms with Crippen LogP contribution in [0.5, 0.6) is 5.75 Å². The molecule has 1 heterocycles. The second kappa shape index (κ2) is 7.74. The van der Waals surface area contributed by atoms with Gasteiger partial charge in [-0.05, 0) is 30.3 Å². The average molecular weight is 351 g/mol. The van der Waals surface area contributed by atoms with Crippen LogP contribution < -0.4 is 15.4 Å². The summed E-state index contributed by atoms with van der Waals surface area (Å²) in [6, 6.07) is 14.6. The highest BCUT2D eigenvalue weighted by atomic mass is 16.5. The summed E-state index contributed by atoms with van der Waals surface area (Å²) in [5.74, 6) is 0.358. The quantitative estimate of drug-likeness (QED) is 0.670. The fourth-order valence-corrected chi connectivity index (χ4v) is 2.81. The molecule has 26 heavy (non-hydrogen) atoms. The molecule has 3 rings (SSSR count). The Morgan fingerprint density at radius 3 is 2.31 bits per heavy atom. The first-order valence-electron chi connectivity index (χ1n) is 8.34. The van der Waals surface area contributed by atoms with Gasteiger partial charge in [-0.3, -0.25) is 9.59 Å². The van der Waals surface area contributed by atoms with E-state index in [1.54, 1.807) is 31.4 Å². The number of amides is 2. The lowest BCUT2D eigenvalue weighted by molar-refractivity contribution is 0.0928. The van der Waals surface area contributed by atoms with E-state index in [0.29, 0.717) is 30.0 Å². The molecule has 0 radical (unpaired) electrons. The van der Waals surface area contributed by atoms with E-state index in [-0.39, 0.29) is 11.8 Å². The van der Waals surface area contributed by atoms with E-state index in [0.717, 1.165) is 10.9 Å². The SMILES string of the molecule is COc1ccc(C(=O)NCCNC(=O)c2cn(C)c3ccccc23)cc1. The molecule has 6 heteroatoms. The Morgan fingerprint density at radius 2 is 1.62 bits per heavy atom. The van der Waals surface area contributed by atoms with Crippen molar-refractivity contribution in [3.63, 3.8) is 0 Å². The first kappa shape index (κ1) is 17.5. The number of nitrogens with one attached hydrogen (secondary N) is 2. The Morgan fingerprint density at radius 1 is 0.962 bits per heavy atom. The summed E-state index contributed by atoms with van der Waals surface area (Å²) in [5.41, 5.74) is 2.18. The number of rotatable bonds is 6. The molecule has 1 aromatic heterocycles. The van der Waals surface area contributed by atoms with E-state index in [1.165, 1.54) is 0 Å². The fraction of sp³-hybridized carbons (Fsp3) is 0.200. The summed E-state index contributed by atoms with van der Waals surface area (Å²) in [6.07, 6.45) is 1.82. The Kier molecular flexibility index (Phi) is 5.22. The molecule has 0 unspecified atom stereocenters. The van der Waals surface area contributed by atoms with Crippen molar-refractivity contribution in [1.29, 1.82) is 0 Å². The first-order chi connectivity index (χ1) is 12.6. The smallest absolute Gasteiger partial charge is 0.253 e. The molecule has 0 saturated heterocycles. The second-order valence-corrected chi connectivity index (χ2v) is 5.91. The van der Waals surface area contributed by atoms with Gasteiger partial charge in [0.2, 0.25) is 0 Å². The van der Waals surface area contributed by atoms with E-state index in [4.69, 9.17) is 4.74 Å². The van der Waals surface area contributed by atoms with Crippen molar-refractivity contribution in [2.24, 2.45) is 7.05 Å². The van der Waals surface area contributed by atoms with Crippen LogP contribution in [0.1, 0.15) is 20.7 Å². The van der Waals surface area contributed by atoms with Gasteiger partial charge in [0.05, 0.1) is 12.7 Å². The molecule has 134 valence electrons. The molecule has 0 aliphatic rings. The van der Waals surface area contributed by atoms with Crippen LogP contribution in [0, 0.1) is 0 Å². The van der Waals surface area contributed by atoms with Gasteiger partial charge < -0.3 is 19.9 Å². The van der Waals surface area contributed by atoms with E-state index in [1.807, 2.05) is 42.1 Å². The van der Waals surface area contributed by atoms with Crippen molar-refractivity contribution in [1.82, 2.24) is 15.2 Å². The van der Waals surface area contributed by atoms with Gasteiger partial charge in [0.25, 0.3) is 11.8 Å². The number of hydrogen-bond acceptors (Lipinski definition) is 3. The standard InChI is InChI=1S/C20H21N3O3/c1-23-13-17(16-5-3-4-6-18(16)23)20(25)22-12-11-21-19(24)14-7-9-15(26-2)10-8-14/h3-10,13H,11-12H2,1-2H3,(H,21,24)(H,22,25). The van der Waals surface area contributed by atoms with Crippen LogP contribution in [0.15, 0.2) is 54.7 Å². The molecule has 0 aliphatic carbocycles. The number of para-hydroxylation sites is 1. The minimum atomic E-state index is -0.188. The molecule has 0 atom stereocenters. The van der Waals surface area contributed by atoms with Crippen LogP contribution in [0.3, 0.4) is 0 Å². The summed E-state index contributed by atoms with van der Waals surface area (Å²) in [7, 11) is 3.49. The maximum absolute atomic E-state index is 12.4. The summed E-state index contributed by atoms with van der Waals surface area (Å²) in [5, 5.41) is 6.54. The Bertz CT molecular complexity index is 929. The highest BCUT2D eigenvalue weighted by molar-refractivity contribution is 6.07. The van der Waals surface area contributed by atoms with Crippen LogP contribution in [-0.4, -0.2) is 36.6 Å². The lowest BCUT2D eigenvalue weighted by Gasteiger charge is -2.07. The number of aryl methyl sites for hydroxylation is 1. The molecule has 0 saturated carbocycles. The Balaban J connectivity index is 1.52. The van der Waals surface area contributed by atoms with Gasteiger partial charge in [0, 0.05) is 42.8 Å². The van der Waals surface area contributed by atoms with Gasteiger partial charge in [-0.2, -0.15) is 0 Å².